The molecule has 0 N–H and O–H groups in total. The van der Waals surface area contributed by atoms with E-state index >= 15 is 0 Å². The fourth-order valence-corrected chi connectivity index (χ4v) is 6.65. The van der Waals surface area contributed by atoms with E-state index in [0.717, 1.165) is 12.0 Å². The molecule has 13 heteroatoms. The van der Waals surface area contributed by atoms with Crippen LogP contribution in [0.1, 0.15) is 74.1 Å². The van der Waals surface area contributed by atoms with E-state index in [4.69, 9.17) is 5.53 Å². The second-order valence-corrected chi connectivity index (χ2v) is 10.6. The smallest absolute Gasteiger partial charge is 0.299 e. The number of aryl methyl sites for hydroxylation is 1. The Hall–Kier alpha value is -2.43. The highest BCUT2D eigenvalue weighted by Crippen LogP contribution is 2.60. The Morgan fingerprint density at radius 3 is 2.32 bits per heavy atom. The summed E-state index contributed by atoms with van der Waals surface area (Å²) < 4.78 is 120. The predicted molar refractivity (Wildman–Crippen MR) is 113 cm³/mol. The van der Waals surface area contributed by atoms with Crippen LogP contribution in [0.5, 0.6) is 0 Å². The molecule has 0 bridgehead atoms. The highest BCUT2D eigenvalue weighted by molar-refractivity contribution is 5.87. The maximum atomic E-state index is 14.3. The molecule has 0 heterocycles. The van der Waals surface area contributed by atoms with Crippen molar-refractivity contribution in [3.63, 3.8) is 0 Å². The molecule has 0 aliphatic heterocycles. The summed E-state index contributed by atoms with van der Waals surface area (Å²) in [6, 6.07) is 2.10. The van der Waals surface area contributed by atoms with Gasteiger partial charge in [-0.05, 0) is 72.1 Å². The monoisotopic (exact) mass is 541 g/mol. The van der Waals surface area contributed by atoms with Gasteiger partial charge in [-0.1, -0.05) is 30.2 Å². The number of rotatable bonds is 6. The summed E-state index contributed by atoms with van der Waals surface area (Å²) in [4.78, 5) is 14.8. The van der Waals surface area contributed by atoms with E-state index in [0.29, 0.717) is 37.7 Å². The Balaban J connectivity index is 1.62. The van der Waals surface area contributed by atoms with Gasteiger partial charge in [0.1, 0.15) is 5.78 Å². The molecule has 2 saturated carbocycles. The van der Waals surface area contributed by atoms with E-state index in [1.807, 2.05) is 6.92 Å². The van der Waals surface area contributed by atoms with Gasteiger partial charge in [-0.2, -0.15) is 39.5 Å². The van der Waals surface area contributed by atoms with Crippen molar-refractivity contribution in [2.45, 2.75) is 87.8 Å². The first-order valence-electron chi connectivity index (χ1n) is 11.9. The van der Waals surface area contributed by atoms with Crippen molar-refractivity contribution in [1.82, 2.24) is 0 Å². The van der Waals surface area contributed by atoms with E-state index in [-0.39, 0.29) is 34.5 Å². The molecule has 0 amide bonds. The van der Waals surface area contributed by atoms with Crippen LogP contribution in [0.2, 0.25) is 0 Å². The molecule has 4 nitrogen and oxygen atoms in total. The number of Topliss-reactive ketones (excluding diaryl/α,β-unsaturated/α-hetero) is 1. The number of hydrogen-bond donors (Lipinski definition) is 0. The number of alkyl halides is 9. The lowest BCUT2D eigenvalue weighted by atomic mass is 9.55. The molecular formula is C24H24F9N3O. The molecule has 2 fully saturated rings. The first-order chi connectivity index (χ1) is 17.0. The Morgan fingerprint density at radius 2 is 1.70 bits per heavy atom. The number of benzene rings is 1. The summed E-state index contributed by atoms with van der Waals surface area (Å²) in [5.41, 5.74) is 9.80. The Kier molecular flexibility index (Phi) is 6.57. The number of carbonyl (C=O) groups excluding carboxylic acids is 1. The lowest BCUT2D eigenvalue weighted by Crippen LogP contribution is -2.61. The van der Waals surface area contributed by atoms with Crippen LogP contribution in [-0.4, -0.2) is 29.7 Å². The van der Waals surface area contributed by atoms with Gasteiger partial charge in [-0.3, -0.25) is 4.79 Å². The van der Waals surface area contributed by atoms with Gasteiger partial charge in [0.15, 0.2) is 0 Å². The standard InChI is InChI=1S/C24H24F9N3O/c1-20-9-8-15-14-4-3-13(10-12(14)2-5-16(15)17(20)6-7-19(20)37)18(35-36-34)11-21(25,26)22(27,28)23(29,30)24(31,32)33/h3-4,10,15-18H,2,5-9,11H2,1H3/t15-,16-,17+,18+,20+/m1/s1. The number of carbonyl (C=O) groups is 1. The van der Waals surface area contributed by atoms with E-state index in [2.05, 4.69) is 10.0 Å². The van der Waals surface area contributed by atoms with Crippen molar-refractivity contribution in [3.8, 4) is 0 Å². The van der Waals surface area contributed by atoms with Gasteiger partial charge < -0.3 is 0 Å². The minimum Gasteiger partial charge on any atom is -0.299 e. The van der Waals surface area contributed by atoms with Gasteiger partial charge in [-0.15, -0.1) is 0 Å². The molecule has 3 aliphatic carbocycles. The van der Waals surface area contributed by atoms with Crippen molar-refractivity contribution < 1.29 is 44.3 Å². The molecule has 37 heavy (non-hydrogen) atoms. The predicted octanol–water partition coefficient (Wildman–Crippen LogP) is 8.32. The molecule has 3 aliphatic rings. The maximum absolute atomic E-state index is 14.3. The van der Waals surface area contributed by atoms with E-state index in [1.54, 1.807) is 6.07 Å². The third kappa shape index (κ3) is 4.17. The lowest BCUT2D eigenvalue weighted by Gasteiger charge is -2.48. The van der Waals surface area contributed by atoms with Crippen molar-refractivity contribution in [3.05, 3.63) is 45.3 Å². The molecular weight excluding hydrogens is 517 g/mol. The summed E-state index contributed by atoms with van der Waals surface area (Å²) in [7, 11) is 0. The molecule has 0 aromatic heterocycles. The average molecular weight is 541 g/mol. The summed E-state index contributed by atoms with van der Waals surface area (Å²) in [5, 5.41) is 3.03. The topological polar surface area (TPSA) is 65.8 Å². The van der Waals surface area contributed by atoms with Gasteiger partial charge in [0.2, 0.25) is 0 Å². The molecule has 0 saturated heterocycles. The van der Waals surface area contributed by atoms with Crippen LogP contribution in [0.3, 0.4) is 0 Å². The van der Waals surface area contributed by atoms with Gasteiger partial charge >= 0.3 is 23.9 Å². The maximum Gasteiger partial charge on any atom is 0.460 e. The zero-order chi connectivity index (χ0) is 27.6. The van der Waals surface area contributed by atoms with Gasteiger partial charge in [0.05, 0.1) is 6.04 Å². The summed E-state index contributed by atoms with van der Waals surface area (Å²) in [6.45, 7) is 1.99. The molecule has 204 valence electrons. The average Bonchev–Trinajstić information content (AvgIpc) is 3.11. The van der Waals surface area contributed by atoms with Gasteiger partial charge in [0.25, 0.3) is 0 Å². The minimum absolute atomic E-state index is 0.0796. The molecule has 5 atom stereocenters. The lowest BCUT2D eigenvalue weighted by molar-refractivity contribution is -0.397. The van der Waals surface area contributed by atoms with E-state index in [1.165, 1.54) is 12.1 Å². The second-order valence-electron chi connectivity index (χ2n) is 10.6. The number of halogens is 9. The molecule has 0 spiro atoms. The van der Waals surface area contributed by atoms with Crippen LogP contribution in [-0.2, 0) is 11.2 Å². The normalized spacial score (nSPS) is 29.1. The largest absolute Gasteiger partial charge is 0.460 e. The highest BCUT2D eigenvalue weighted by atomic mass is 19.4. The number of nitrogens with zero attached hydrogens (tertiary/aromatic N) is 3. The third-order valence-electron chi connectivity index (χ3n) is 8.69. The summed E-state index contributed by atoms with van der Waals surface area (Å²) in [5.74, 6) is -18.9. The number of fused-ring (bicyclic) bond motifs is 5. The Bertz CT molecular complexity index is 1130. The van der Waals surface area contributed by atoms with Crippen LogP contribution < -0.4 is 0 Å². The van der Waals surface area contributed by atoms with Crippen LogP contribution >= 0.6 is 0 Å². The Morgan fingerprint density at radius 1 is 1.03 bits per heavy atom. The fraction of sp³-hybridized carbons (Fsp3) is 0.708. The number of ketones is 1. The Labute approximate surface area is 206 Å². The van der Waals surface area contributed by atoms with Gasteiger partial charge in [-0.25, -0.2) is 0 Å². The van der Waals surface area contributed by atoms with Crippen molar-refractivity contribution >= 4 is 5.78 Å². The SMILES string of the molecule is C[C@]12CC[C@@H]3c4ccc([C@H](CC(F)(F)C(F)(F)C(F)(F)C(F)(F)F)N=[N+]=[N-])cc4CC[C@H]3[C@@H]1CCC2=O. The molecule has 1 aromatic carbocycles. The molecule has 1 aromatic rings. The van der Waals surface area contributed by atoms with Crippen molar-refractivity contribution in [1.29, 1.82) is 0 Å². The number of azide groups is 1. The third-order valence-corrected chi connectivity index (χ3v) is 8.69. The fourth-order valence-electron chi connectivity index (χ4n) is 6.65. The van der Waals surface area contributed by atoms with Crippen LogP contribution in [0.4, 0.5) is 39.5 Å². The highest BCUT2D eigenvalue weighted by Gasteiger charge is 2.81. The van der Waals surface area contributed by atoms with E-state index < -0.39 is 36.4 Å². The van der Waals surface area contributed by atoms with Crippen molar-refractivity contribution in [2.24, 2.45) is 22.4 Å². The quantitative estimate of drug-likeness (QED) is 0.155. The molecule has 0 unspecified atom stereocenters. The van der Waals surface area contributed by atoms with Crippen LogP contribution in [0.15, 0.2) is 23.3 Å². The van der Waals surface area contributed by atoms with Gasteiger partial charge in [0, 0.05) is 23.2 Å². The van der Waals surface area contributed by atoms with Crippen LogP contribution in [0.25, 0.3) is 10.4 Å². The summed E-state index contributed by atoms with van der Waals surface area (Å²) >= 11 is 0. The molecule has 4 rings (SSSR count). The zero-order valence-electron chi connectivity index (χ0n) is 19.6. The van der Waals surface area contributed by atoms with E-state index in [9.17, 15) is 44.3 Å². The molecule has 0 radical (unpaired) electrons. The summed E-state index contributed by atoms with van der Waals surface area (Å²) in [6.07, 6.45) is -5.30. The van der Waals surface area contributed by atoms with Crippen molar-refractivity contribution in [2.75, 3.05) is 0 Å². The zero-order valence-corrected chi connectivity index (χ0v) is 19.6. The van der Waals surface area contributed by atoms with Crippen LogP contribution in [0, 0.1) is 17.3 Å². The number of hydrogen-bond acceptors (Lipinski definition) is 2. The minimum atomic E-state index is -7.01. The first kappa shape index (κ1) is 27.6. The second kappa shape index (κ2) is 8.81. The first-order valence-corrected chi connectivity index (χ1v) is 11.9.